The van der Waals surface area contributed by atoms with Crippen molar-refractivity contribution in [1.29, 1.82) is 0 Å². The number of thioether (sulfide) groups is 1. The van der Waals surface area contributed by atoms with Crippen LogP contribution in [-0.4, -0.2) is 38.0 Å². The average molecular weight is 481 g/mol. The molecule has 0 bridgehead atoms. The number of hydrogen-bond acceptors (Lipinski definition) is 8. The molecule has 1 N–H and O–H groups in total. The standard InChI is InChI=1S/C23H24N6O2S2/c1-4-29-20(17-7-5-6-8-18(17)31-3)26-28-23(29)32-14-19-25-27-22(33-19)21(30)24-13-16-11-9-15(2)10-12-16/h5-12H,4,13-14H2,1-3H3,(H,24,30). The van der Waals surface area contributed by atoms with E-state index in [-0.39, 0.29) is 5.91 Å². The first-order valence-corrected chi connectivity index (χ1v) is 12.2. The summed E-state index contributed by atoms with van der Waals surface area (Å²) in [5.41, 5.74) is 3.12. The molecule has 2 aromatic heterocycles. The van der Waals surface area contributed by atoms with Gasteiger partial charge in [-0.25, -0.2) is 0 Å². The average Bonchev–Trinajstić information content (AvgIpc) is 3.49. The Labute approximate surface area is 200 Å². The van der Waals surface area contributed by atoms with E-state index < -0.39 is 0 Å². The van der Waals surface area contributed by atoms with Gasteiger partial charge in [-0.3, -0.25) is 4.79 Å². The van der Waals surface area contributed by atoms with Gasteiger partial charge in [0, 0.05) is 13.1 Å². The summed E-state index contributed by atoms with van der Waals surface area (Å²) in [5.74, 6) is 1.83. The van der Waals surface area contributed by atoms with Crippen molar-refractivity contribution in [3.63, 3.8) is 0 Å². The number of methoxy groups -OCH3 is 1. The zero-order valence-corrected chi connectivity index (χ0v) is 20.2. The van der Waals surface area contributed by atoms with Crippen LogP contribution in [0.25, 0.3) is 11.4 Å². The minimum atomic E-state index is -0.223. The minimum absolute atomic E-state index is 0.223. The Morgan fingerprint density at radius 2 is 1.88 bits per heavy atom. The molecule has 0 aliphatic carbocycles. The van der Waals surface area contributed by atoms with Crippen LogP contribution in [-0.2, 0) is 18.8 Å². The second kappa shape index (κ2) is 10.6. The van der Waals surface area contributed by atoms with Crippen molar-refractivity contribution < 1.29 is 9.53 Å². The van der Waals surface area contributed by atoms with Crippen LogP contribution in [0.15, 0.2) is 53.7 Å². The summed E-state index contributed by atoms with van der Waals surface area (Å²) in [6.45, 7) is 5.25. The zero-order chi connectivity index (χ0) is 23.2. The number of nitrogens with one attached hydrogen (secondary N) is 1. The van der Waals surface area contributed by atoms with E-state index in [9.17, 15) is 4.79 Å². The fraction of sp³-hybridized carbons (Fsp3) is 0.261. The fourth-order valence-electron chi connectivity index (χ4n) is 3.20. The Hall–Kier alpha value is -3.24. The lowest BCUT2D eigenvalue weighted by atomic mass is 10.1. The van der Waals surface area contributed by atoms with Crippen LogP contribution in [0, 0.1) is 6.92 Å². The van der Waals surface area contributed by atoms with Gasteiger partial charge in [-0.2, -0.15) is 0 Å². The van der Waals surface area contributed by atoms with E-state index in [0.717, 1.165) is 32.9 Å². The molecule has 33 heavy (non-hydrogen) atoms. The Morgan fingerprint density at radius 3 is 2.64 bits per heavy atom. The molecule has 0 fully saturated rings. The van der Waals surface area contributed by atoms with Crippen molar-refractivity contribution in [3.8, 4) is 17.1 Å². The van der Waals surface area contributed by atoms with Crippen molar-refractivity contribution in [2.75, 3.05) is 7.11 Å². The van der Waals surface area contributed by atoms with Gasteiger partial charge in [0.15, 0.2) is 11.0 Å². The molecule has 4 rings (SSSR count). The molecule has 2 aromatic carbocycles. The highest BCUT2D eigenvalue weighted by atomic mass is 32.2. The van der Waals surface area contributed by atoms with Crippen molar-refractivity contribution in [2.45, 2.75) is 37.8 Å². The first kappa shape index (κ1) is 22.9. The quantitative estimate of drug-likeness (QED) is 0.356. The number of ether oxygens (including phenoxy) is 1. The minimum Gasteiger partial charge on any atom is -0.496 e. The summed E-state index contributed by atoms with van der Waals surface area (Å²) in [7, 11) is 1.64. The smallest absolute Gasteiger partial charge is 0.282 e. The maximum atomic E-state index is 12.4. The van der Waals surface area contributed by atoms with Crippen LogP contribution >= 0.6 is 23.1 Å². The summed E-state index contributed by atoms with van der Waals surface area (Å²) < 4.78 is 7.51. The molecule has 8 nitrogen and oxygen atoms in total. The third-order valence-electron chi connectivity index (χ3n) is 4.94. The SMILES string of the molecule is CCn1c(SCc2nnc(C(=O)NCc3ccc(C)cc3)s2)nnc1-c1ccccc1OC. The highest BCUT2D eigenvalue weighted by molar-refractivity contribution is 7.98. The molecule has 0 spiro atoms. The van der Waals surface area contributed by atoms with Crippen LogP contribution in [0.1, 0.15) is 32.9 Å². The van der Waals surface area contributed by atoms with Crippen LogP contribution in [0.4, 0.5) is 0 Å². The molecule has 1 amide bonds. The molecule has 0 radical (unpaired) electrons. The number of para-hydroxylation sites is 1. The van der Waals surface area contributed by atoms with E-state index in [1.807, 2.05) is 66.9 Å². The number of hydrogen-bond donors (Lipinski definition) is 1. The Bertz CT molecular complexity index is 1240. The van der Waals surface area contributed by atoms with E-state index in [2.05, 4.69) is 25.7 Å². The van der Waals surface area contributed by atoms with E-state index in [0.29, 0.717) is 23.8 Å². The maximum absolute atomic E-state index is 12.4. The van der Waals surface area contributed by atoms with Crippen molar-refractivity contribution in [2.24, 2.45) is 0 Å². The third-order valence-corrected chi connectivity index (χ3v) is 7.02. The largest absolute Gasteiger partial charge is 0.496 e. The molecular formula is C23H24N6O2S2. The van der Waals surface area contributed by atoms with Gasteiger partial charge in [0.05, 0.1) is 18.4 Å². The summed E-state index contributed by atoms with van der Waals surface area (Å²) in [4.78, 5) is 12.4. The number of carbonyl (C=O) groups is 1. The topological polar surface area (TPSA) is 94.8 Å². The van der Waals surface area contributed by atoms with E-state index in [4.69, 9.17) is 4.74 Å². The number of amides is 1. The molecular weight excluding hydrogens is 456 g/mol. The summed E-state index contributed by atoms with van der Waals surface area (Å²) >= 11 is 2.80. The highest BCUT2D eigenvalue weighted by Gasteiger charge is 2.18. The van der Waals surface area contributed by atoms with Gasteiger partial charge in [-0.05, 0) is 31.5 Å². The maximum Gasteiger partial charge on any atom is 0.282 e. The Kier molecular flexibility index (Phi) is 7.36. The summed E-state index contributed by atoms with van der Waals surface area (Å²) in [6.07, 6.45) is 0. The van der Waals surface area contributed by atoms with Gasteiger partial charge in [0.25, 0.3) is 5.91 Å². The lowest BCUT2D eigenvalue weighted by Gasteiger charge is -2.10. The van der Waals surface area contributed by atoms with Crippen LogP contribution < -0.4 is 10.1 Å². The van der Waals surface area contributed by atoms with Crippen molar-refractivity contribution >= 4 is 29.0 Å². The molecule has 0 aliphatic rings. The number of aromatic nitrogens is 5. The second-order valence-corrected chi connectivity index (χ2v) is 9.21. The molecule has 0 saturated carbocycles. The third kappa shape index (κ3) is 5.40. The van der Waals surface area contributed by atoms with Crippen LogP contribution in [0.2, 0.25) is 0 Å². The van der Waals surface area contributed by atoms with Crippen LogP contribution in [0.3, 0.4) is 0 Å². The molecule has 0 unspecified atom stereocenters. The lowest BCUT2D eigenvalue weighted by Crippen LogP contribution is -2.22. The van der Waals surface area contributed by atoms with E-state index in [1.165, 1.54) is 28.7 Å². The van der Waals surface area contributed by atoms with Gasteiger partial charge in [-0.1, -0.05) is 65.1 Å². The Morgan fingerprint density at radius 1 is 1.09 bits per heavy atom. The fourth-order valence-corrected chi connectivity index (χ4v) is 4.95. The van der Waals surface area contributed by atoms with Gasteiger partial charge in [0.2, 0.25) is 5.01 Å². The molecule has 10 heteroatoms. The molecule has 0 saturated heterocycles. The van der Waals surface area contributed by atoms with E-state index >= 15 is 0 Å². The predicted octanol–water partition coefficient (Wildman–Crippen LogP) is 4.36. The van der Waals surface area contributed by atoms with Gasteiger partial charge in [-0.15, -0.1) is 20.4 Å². The Balaban J connectivity index is 1.39. The van der Waals surface area contributed by atoms with Crippen LogP contribution in [0.5, 0.6) is 5.75 Å². The number of aryl methyl sites for hydroxylation is 1. The predicted molar refractivity (Wildman–Crippen MR) is 130 cm³/mol. The number of rotatable bonds is 9. The summed E-state index contributed by atoms with van der Waals surface area (Å²) in [5, 5.41) is 21.8. The van der Waals surface area contributed by atoms with Crippen molar-refractivity contribution in [3.05, 3.63) is 69.7 Å². The van der Waals surface area contributed by atoms with Gasteiger partial charge in [0.1, 0.15) is 10.8 Å². The highest BCUT2D eigenvalue weighted by Crippen LogP contribution is 2.32. The summed E-state index contributed by atoms with van der Waals surface area (Å²) in [6, 6.07) is 15.8. The van der Waals surface area contributed by atoms with Gasteiger partial charge >= 0.3 is 0 Å². The normalized spacial score (nSPS) is 10.9. The second-order valence-electron chi connectivity index (χ2n) is 7.21. The molecule has 0 aliphatic heterocycles. The number of carbonyl (C=O) groups excluding carboxylic acids is 1. The molecule has 2 heterocycles. The first-order chi connectivity index (χ1) is 16.1. The number of nitrogens with zero attached hydrogens (tertiary/aromatic N) is 5. The van der Waals surface area contributed by atoms with Crippen molar-refractivity contribution in [1.82, 2.24) is 30.3 Å². The molecule has 4 aromatic rings. The monoisotopic (exact) mass is 480 g/mol. The first-order valence-electron chi connectivity index (χ1n) is 10.4. The number of benzene rings is 2. The molecule has 0 atom stereocenters. The van der Waals surface area contributed by atoms with Gasteiger partial charge < -0.3 is 14.6 Å². The van der Waals surface area contributed by atoms with E-state index in [1.54, 1.807) is 7.11 Å². The lowest BCUT2D eigenvalue weighted by molar-refractivity contribution is 0.0950. The molecule has 170 valence electrons. The zero-order valence-electron chi connectivity index (χ0n) is 18.6.